The highest BCUT2D eigenvalue weighted by molar-refractivity contribution is 5.24. The number of aliphatic hydroxyl groups is 1. The van der Waals surface area contributed by atoms with E-state index in [0.29, 0.717) is 12.0 Å². The lowest BCUT2D eigenvalue weighted by molar-refractivity contribution is 0.272. The molecule has 1 aromatic heterocycles. The molecule has 1 heterocycles. The van der Waals surface area contributed by atoms with Crippen molar-refractivity contribution in [1.29, 1.82) is 0 Å². The number of nitrogens with two attached hydrogens (primary N) is 1. The molecule has 0 fully saturated rings. The smallest absolute Gasteiger partial charge is 0.286 e. The van der Waals surface area contributed by atoms with Crippen molar-refractivity contribution in [2.45, 2.75) is 12.5 Å². The van der Waals surface area contributed by atoms with Crippen LogP contribution >= 0.6 is 0 Å². The van der Waals surface area contributed by atoms with E-state index in [9.17, 15) is 0 Å². The van der Waals surface area contributed by atoms with Gasteiger partial charge in [-0.1, -0.05) is 0 Å². The van der Waals surface area contributed by atoms with Gasteiger partial charge in [0.2, 0.25) is 0 Å². The third-order valence-electron chi connectivity index (χ3n) is 1.51. The minimum Gasteiger partial charge on any atom is -0.480 e. The highest BCUT2D eigenvalue weighted by Gasteiger charge is 2.12. The Morgan fingerprint density at radius 1 is 1.64 bits per heavy atom. The van der Waals surface area contributed by atoms with E-state index in [1.54, 1.807) is 6.07 Å². The van der Waals surface area contributed by atoms with E-state index in [0.717, 1.165) is 0 Å². The molecule has 0 aliphatic rings. The van der Waals surface area contributed by atoms with Gasteiger partial charge in [-0.2, -0.15) is 0 Å². The van der Waals surface area contributed by atoms with E-state index in [2.05, 4.69) is 4.42 Å². The van der Waals surface area contributed by atoms with Gasteiger partial charge < -0.3 is 20.4 Å². The SMILES string of the molecule is N[C@H](CCO)c1ccoc1O. The molecule has 4 heteroatoms. The molecule has 0 saturated heterocycles. The van der Waals surface area contributed by atoms with Crippen molar-refractivity contribution in [3.05, 3.63) is 17.9 Å². The van der Waals surface area contributed by atoms with Gasteiger partial charge in [0.05, 0.1) is 11.8 Å². The van der Waals surface area contributed by atoms with E-state index >= 15 is 0 Å². The number of hydrogen-bond acceptors (Lipinski definition) is 4. The molecule has 0 spiro atoms. The lowest BCUT2D eigenvalue weighted by Crippen LogP contribution is -2.10. The molecule has 0 saturated carbocycles. The molecule has 0 radical (unpaired) electrons. The Bertz CT molecular complexity index is 221. The van der Waals surface area contributed by atoms with E-state index in [4.69, 9.17) is 15.9 Å². The molecule has 0 aromatic carbocycles. The maximum atomic E-state index is 9.02. The number of aromatic hydroxyl groups is 1. The van der Waals surface area contributed by atoms with E-state index in [-0.39, 0.29) is 18.6 Å². The van der Waals surface area contributed by atoms with Gasteiger partial charge >= 0.3 is 0 Å². The fourth-order valence-corrected chi connectivity index (χ4v) is 0.888. The third kappa shape index (κ3) is 1.72. The van der Waals surface area contributed by atoms with Gasteiger partial charge in [-0.25, -0.2) is 0 Å². The fraction of sp³-hybridized carbons (Fsp3) is 0.429. The Labute approximate surface area is 64.2 Å². The number of hydrogen-bond donors (Lipinski definition) is 3. The minimum atomic E-state index is -0.348. The van der Waals surface area contributed by atoms with Gasteiger partial charge in [-0.05, 0) is 12.5 Å². The highest BCUT2D eigenvalue weighted by Crippen LogP contribution is 2.24. The van der Waals surface area contributed by atoms with E-state index < -0.39 is 0 Å². The monoisotopic (exact) mass is 157 g/mol. The molecule has 1 rings (SSSR count). The van der Waals surface area contributed by atoms with Crippen LogP contribution in [0.5, 0.6) is 5.95 Å². The van der Waals surface area contributed by atoms with Crippen LogP contribution in [0.1, 0.15) is 18.0 Å². The van der Waals surface area contributed by atoms with Gasteiger partial charge in [0, 0.05) is 12.6 Å². The summed E-state index contributed by atoms with van der Waals surface area (Å²) in [5, 5.41) is 17.6. The number of furan rings is 1. The third-order valence-corrected chi connectivity index (χ3v) is 1.51. The molecular weight excluding hydrogens is 146 g/mol. The summed E-state index contributed by atoms with van der Waals surface area (Å²) in [5.41, 5.74) is 6.11. The zero-order valence-corrected chi connectivity index (χ0v) is 6.03. The normalized spacial score (nSPS) is 13.3. The second-order valence-electron chi connectivity index (χ2n) is 2.30. The second kappa shape index (κ2) is 3.41. The van der Waals surface area contributed by atoms with Gasteiger partial charge in [-0.15, -0.1) is 0 Å². The Kier molecular flexibility index (Phi) is 2.51. The summed E-state index contributed by atoms with van der Waals surface area (Å²) in [6.07, 6.45) is 1.79. The molecule has 0 bridgehead atoms. The van der Waals surface area contributed by atoms with Gasteiger partial charge in [0.25, 0.3) is 5.95 Å². The zero-order chi connectivity index (χ0) is 8.27. The van der Waals surface area contributed by atoms with Crippen LogP contribution in [-0.4, -0.2) is 16.8 Å². The molecule has 1 atom stereocenters. The summed E-state index contributed by atoms with van der Waals surface area (Å²) in [6, 6.07) is 1.24. The first-order valence-electron chi connectivity index (χ1n) is 3.38. The van der Waals surface area contributed by atoms with Crippen LogP contribution < -0.4 is 5.73 Å². The first kappa shape index (κ1) is 8.10. The van der Waals surface area contributed by atoms with Crippen molar-refractivity contribution < 1.29 is 14.6 Å². The lowest BCUT2D eigenvalue weighted by atomic mass is 10.1. The van der Waals surface area contributed by atoms with Crippen LogP contribution in [0.2, 0.25) is 0 Å². The molecular formula is C7H11NO3. The summed E-state index contributed by atoms with van der Waals surface area (Å²) in [4.78, 5) is 0. The molecule has 0 aliphatic carbocycles. The Morgan fingerprint density at radius 3 is 2.82 bits per heavy atom. The summed E-state index contributed by atoms with van der Waals surface area (Å²) in [5.74, 6) is -0.161. The van der Waals surface area contributed by atoms with Crippen LogP contribution in [0.25, 0.3) is 0 Å². The molecule has 0 unspecified atom stereocenters. The van der Waals surface area contributed by atoms with Crippen LogP contribution in [0.3, 0.4) is 0 Å². The quantitative estimate of drug-likeness (QED) is 0.592. The standard InChI is InChI=1S/C7H11NO3/c8-6(1-3-9)5-2-4-11-7(5)10/h2,4,6,9-10H,1,3,8H2/t6-/m1/s1. The maximum absolute atomic E-state index is 9.02. The molecule has 0 aliphatic heterocycles. The van der Waals surface area contributed by atoms with Crippen molar-refractivity contribution >= 4 is 0 Å². The molecule has 11 heavy (non-hydrogen) atoms. The van der Waals surface area contributed by atoms with Crippen LogP contribution in [0, 0.1) is 0 Å². The van der Waals surface area contributed by atoms with Crippen molar-refractivity contribution in [2.75, 3.05) is 6.61 Å². The average Bonchev–Trinajstić information content (AvgIpc) is 2.36. The Morgan fingerprint density at radius 2 is 2.36 bits per heavy atom. The summed E-state index contributed by atoms with van der Waals surface area (Å²) in [7, 11) is 0. The van der Waals surface area contributed by atoms with E-state index in [1.165, 1.54) is 6.26 Å². The molecule has 62 valence electrons. The predicted octanol–water partition coefficient (Wildman–Crippen LogP) is 0.367. The summed E-state index contributed by atoms with van der Waals surface area (Å²) < 4.78 is 4.63. The largest absolute Gasteiger partial charge is 0.480 e. The maximum Gasteiger partial charge on any atom is 0.286 e. The average molecular weight is 157 g/mol. The predicted molar refractivity (Wildman–Crippen MR) is 39.0 cm³/mol. The minimum absolute atomic E-state index is 0.00574. The fourth-order valence-electron chi connectivity index (χ4n) is 0.888. The molecule has 1 aromatic rings. The van der Waals surface area contributed by atoms with E-state index in [1.807, 2.05) is 0 Å². The topological polar surface area (TPSA) is 79.6 Å². The zero-order valence-electron chi connectivity index (χ0n) is 6.03. The second-order valence-corrected chi connectivity index (χ2v) is 2.30. The molecule has 0 amide bonds. The van der Waals surface area contributed by atoms with Crippen LogP contribution in [0.15, 0.2) is 16.7 Å². The van der Waals surface area contributed by atoms with Crippen molar-refractivity contribution in [1.82, 2.24) is 0 Å². The van der Waals surface area contributed by atoms with Crippen LogP contribution in [0.4, 0.5) is 0 Å². The number of aliphatic hydroxyl groups excluding tert-OH is 1. The van der Waals surface area contributed by atoms with Gasteiger partial charge in [-0.3, -0.25) is 0 Å². The first-order valence-corrected chi connectivity index (χ1v) is 3.38. The van der Waals surface area contributed by atoms with Crippen molar-refractivity contribution in [2.24, 2.45) is 5.73 Å². The van der Waals surface area contributed by atoms with Gasteiger partial charge in [0.1, 0.15) is 0 Å². The van der Waals surface area contributed by atoms with Gasteiger partial charge in [0.15, 0.2) is 0 Å². The first-order chi connectivity index (χ1) is 5.25. The van der Waals surface area contributed by atoms with Crippen LogP contribution in [-0.2, 0) is 0 Å². The highest BCUT2D eigenvalue weighted by atomic mass is 16.5. The lowest BCUT2D eigenvalue weighted by Gasteiger charge is -2.05. The summed E-state index contributed by atoms with van der Waals surface area (Å²) >= 11 is 0. The molecule has 4 nitrogen and oxygen atoms in total. The van der Waals surface area contributed by atoms with Crippen molar-refractivity contribution in [3.8, 4) is 5.95 Å². The molecule has 4 N–H and O–H groups in total. The Balaban J connectivity index is 2.67. The summed E-state index contributed by atoms with van der Waals surface area (Å²) in [6.45, 7) is 0.00574. The van der Waals surface area contributed by atoms with Crippen molar-refractivity contribution in [3.63, 3.8) is 0 Å². The number of rotatable bonds is 3. The Hall–Kier alpha value is -1.00.